The molecule has 0 bridgehead atoms. The molecule has 0 N–H and O–H groups in total. The minimum absolute atomic E-state index is 0.647. The van der Waals surface area contributed by atoms with E-state index in [1.54, 1.807) is 0 Å². The third-order valence-electron chi connectivity index (χ3n) is 12.0. The second-order valence-electron chi connectivity index (χ2n) is 15.4. The zero-order valence-electron chi connectivity index (χ0n) is 32.0. The van der Waals surface area contributed by atoms with E-state index < -0.39 is 0 Å². The summed E-state index contributed by atoms with van der Waals surface area (Å²) in [6.45, 7) is 0. The first kappa shape index (κ1) is 33.3. The number of hydrogen-bond acceptors (Lipinski definition) is 2. The van der Waals surface area contributed by atoms with E-state index in [0.29, 0.717) is 5.95 Å². The molecule has 12 aromatic rings. The average molecular weight is 750 g/mol. The van der Waals surface area contributed by atoms with Gasteiger partial charge in [0.05, 0.1) is 22.2 Å². The van der Waals surface area contributed by atoms with Crippen LogP contribution in [0.15, 0.2) is 212 Å². The Hall–Kier alpha value is -7.88. The topological polar surface area (TPSA) is 30.7 Å². The predicted octanol–water partition coefficient (Wildman–Crippen LogP) is 14.9. The molecule has 59 heavy (non-hydrogen) atoms. The van der Waals surface area contributed by atoms with Crippen LogP contribution in [0, 0.1) is 0 Å². The van der Waals surface area contributed by atoms with E-state index in [9.17, 15) is 0 Å². The normalized spacial score (nSPS) is 11.7. The van der Waals surface area contributed by atoms with E-state index in [1.165, 1.54) is 60.0 Å². The van der Waals surface area contributed by atoms with Gasteiger partial charge in [0.25, 0.3) is 0 Å². The number of aromatic nitrogens is 3. The van der Waals surface area contributed by atoms with Crippen molar-refractivity contribution in [2.24, 2.45) is 0 Å². The maximum atomic E-state index is 5.60. The van der Waals surface area contributed by atoms with Crippen LogP contribution in [-0.4, -0.2) is 14.5 Å². The van der Waals surface area contributed by atoms with Gasteiger partial charge in [0.1, 0.15) is 0 Å². The van der Waals surface area contributed by atoms with Crippen LogP contribution in [0.5, 0.6) is 0 Å². The maximum Gasteiger partial charge on any atom is 0.235 e. The maximum absolute atomic E-state index is 5.60. The molecule has 2 heterocycles. The first-order valence-corrected chi connectivity index (χ1v) is 20.1. The smallest absolute Gasteiger partial charge is 0.235 e. The summed E-state index contributed by atoms with van der Waals surface area (Å²) in [5.41, 5.74) is 12.1. The molecular formula is C56H35N3. The van der Waals surface area contributed by atoms with E-state index in [0.717, 1.165) is 49.7 Å². The highest BCUT2D eigenvalue weighted by Gasteiger charge is 2.20. The van der Waals surface area contributed by atoms with Gasteiger partial charge in [-0.2, -0.15) is 0 Å². The van der Waals surface area contributed by atoms with E-state index in [-0.39, 0.29) is 0 Å². The first-order valence-electron chi connectivity index (χ1n) is 20.1. The fourth-order valence-electron chi connectivity index (χ4n) is 8.99. The molecule has 0 atom stereocenters. The summed E-state index contributed by atoms with van der Waals surface area (Å²) in [5, 5.41) is 10.5. The summed E-state index contributed by atoms with van der Waals surface area (Å²) in [5.74, 6) is 0.647. The van der Waals surface area contributed by atoms with Crippen LogP contribution in [0.2, 0.25) is 0 Å². The summed E-state index contributed by atoms with van der Waals surface area (Å²) in [6, 6.07) is 76.4. The first-order chi connectivity index (χ1) is 29.2. The molecule has 0 saturated carbocycles. The largest absolute Gasteiger partial charge is 0.278 e. The summed E-state index contributed by atoms with van der Waals surface area (Å²) < 4.78 is 2.27. The lowest BCUT2D eigenvalue weighted by Crippen LogP contribution is -2.04. The monoisotopic (exact) mass is 749 g/mol. The number of rotatable bonds is 5. The van der Waals surface area contributed by atoms with Crippen molar-refractivity contribution in [3.8, 4) is 50.6 Å². The second-order valence-corrected chi connectivity index (χ2v) is 15.4. The average Bonchev–Trinajstić information content (AvgIpc) is 3.62. The minimum atomic E-state index is 0.647. The third kappa shape index (κ3) is 5.59. The van der Waals surface area contributed by atoms with Crippen LogP contribution in [0.4, 0.5) is 0 Å². The number of benzene rings is 10. The quantitative estimate of drug-likeness (QED) is 0.175. The number of nitrogens with zero attached hydrogens (tertiary/aromatic N) is 3. The van der Waals surface area contributed by atoms with Gasteiger partial charge < -0.3 is 0 Å². The Morgan fingerprint density at radius 2 is 0.831 bits per heavy atom. The molecular weight excluding hydrogens is 715 g/mol. The highest BCUT2D eigenvalue weighted by atomic mass is 15.2. The lowest BCUT2D eigenvalue weighted by Gasteiger charge is -2.15. The van der Waals surface area contributed by atoms with Gasteiger partial charge in [-0.25, -0.2) is 9.97 Å². The standard InChI is InChI=1S/C56H35N3/c1-2-11-36(12-3-1)38-21-23-39(24-22-38)45-27-29-52-51(34-45)55(48-20-10-18-40-14-8-9-19-47(40)48)58-56(57-52)59-53-30-28-46(44-26-25-37-13-4-5-15-41(37)31-44)33-49(53)50-32-42-16-6-7-17-43(42)35-54(50)59/h1-35H. The Bertz CT molecular complexity index is 3600. The predicted molar refractivity (Wildman–Crippen MR) is 248 cm³/mol. The van der Waals surface area contributed by atoms with E-state index in [2.05, 4.69) is 217 Å². The zero-order chi connectivity index (χ0) is 38.9. The minimum Gasteiger partial charge on any atom is -0.278 e. The lowest BCUT2D eigenvalue weighted by atomic mass is 9.96. The van der Waals surface area contributed by atoms with Crippen LogP contribution in [0.3, 0.4) is 0 Å². The van der Waals surface area contributed by atoms with Crippen LogP contribution < -0.4 is 0 Å². The molecule has 3 nitrogen and oxygen atoms in total. The van der Waals surface area contributed by atoms with Crippen LogP contribution in [0.25, 0.3) is 116 Å². The molecule has 0 amide bonds. The second kappa shape index (κ2) is 13.4. The van der Waals surface area contributed by atoms with E-state index in [1.807, 2.05) is 0 Å². The van der Waals surface area contributed by atoms with Crippen molar-refractivity contribution in [3.05, 3.63) is 212 Å². The van der Waals surface area contributed by atoms with Gasteiger partial charge in [-0.05, 0) is 108 Å². The molecule has 3 heteroatoms. The van der Waals surface area contributed by atoms with Gasteiger partial charge in [-0.15, -0.1) is 0 Å². The van der Waals surface area contributed by atoms with E-state index >= 15 is 0 Å². The van der Waals surface area contributed by atoms with Crippen molar-refractivity contribution in [1.29, 1.82) is 0 Å². The third-order valence-corrected chi connectivity index (χ3v) is 12.0. The summed E-state index contributed by atoms with van der Waals surface area (Å²) in [6.07, 6.45) is 0. The Balaban J connectivity index is 1.10. The molecule has 2 aromatic heterocycles. The molecule has 0 aliphatic rings. The molecule has 0 saturated heterocycles. The van der Waals surface area contributed by atoms with Gasteiger partial charge in [0.2, 0.25) is 5.95 Å². The zero-order valence-corrected chi connectivity index (χ0v) is 32.0. The van der Waals surface area contributed by atoms with E-state index in [4.69, 9.17) is 9.97 Å². The van der Waals surface area contributed by atoms with Crippen LogP contribution in [-0.2, 0) is 0 Å². The molecule has 0 aliphatic heterocycles. The highest BCUT2D eigenvalue weighted by Crippen LogP contribution is 2.40. The molecule has 12 rings (SSSR count). The summed E-state index contributed by atoms with van der Waals surface area (Å²) in [4.78, 5) is 11.0. The molecule has 0 unspecified atom stereocenters. The molecule has 274 valence electrons. The van der Waals surface area contributed by atoms with Gasteiger partial charge in [-0.3, -0.25) is 4.57 Å². The van der Waals surface area contributed by atoms with Crippen molar-refractivity contribution in [2.75, 3.05) is 0 Å². The Labute approximate surface area is 341 Å². The molecule has 0 radical (unpaired) electrons. The van der Waals surface area contributed by atoms with Gasteiger partial charge in [0.15, 0.2) is 0 Å². The Morgan fingerprint density at radius 3 is 1.64 bits per heavy atom. The van der Waals surface area contributed by atoms with Gasteiger partial charge in [-0.1, -0.05) is 170 Å². The van der Waals surface area contributed by atoms with Crippen molar-refractivity contribution < 1.29 is 0 Å². The fourth-order valence-corrected chi connectivity index (χ4v) is 8.99. The van der Waals surface area contributed by atoms with Crippen molar-refractivity contribution in [1.82, 2.24) is 14.5 Å². The lowest BCUT2D eigenvalue weighted by molar-refractivity contribution is 1.01. The van der Waals surface area contributed by atoms with Gasteiger partial charge in [0, 0.05) is 21.7 Å². The van der Waals surface area contributed by atoms with Crippen molar-refractivity contribution in [3.63, 3.8) is 0 Å². The van der Waals surface area contributed by atoms with Crippen molar-refractivity contribution in [2.45, 2.75) is 0 Å². The number of hydrogen-bond donors (Lipinski definition) is 0. The molecule has 10 aromatic carbocycles. The number of fused-ring (bicyclic) bond motifs is 7. The molecule has 0 aliphatic carbocycles. The Kier molecular flexibility index (Phi) is 7.54. The van der Waals surface area contributed by atoms with Crippen LogP contribution in [0.1, 0.15) is 0 Å². The Morgan fingerprint density at radius 1 is 0.288 bits per heavy atom. The SMILES string of the molecule is c1ccc(-c2ccc(-c3ccc4nc(-n5c6ccc(-c7ccc8ccccc8c7)cc6c6cc7ccccc7cc65)nc(-c5cccc6ccccc56)c4c3)cc2)cc1. The van der Waals surface area contributed by atoms with Crippen molar-refractivity contribution >= 4 is 65.0 Å². The highest BCUT2D eigenvalue weighted by molar-refractivity contribution is 6.15. The summed E-state index contributed by atoms with van der Waals surface area (Å²) >= 11 is 0. The molecule has 0 spiro atoms. The van der Waals surface area contributed by atoms with Crippen LogP contribution >= 0.6 is 0 Å². The summed E-state index contributed by atoms with van der Waals surface area (Å²) in [7, 11) is 0. The molecule has 0 fully saturated rings. The fraction of sp³-hybridized carbons (Fsp3) is 0. The van der Waals surface area contributed by atoms with Gasteiger partial charge >= 0.3 is 0 Å².